The quantitative estimate of drug-likeness (QED) is 0.125. The first-order valence-corrected chi connectivity index (χ1v) is 49.5. The van der Waals surface area contributed by atoms with Crippen molar-refractivity contribution in [2.45, 2.75) is 20.8 Å². The average Bonchev–Trinajstić information content (AvgIpc) is 1.56. The lowest BCUT2D eigenvalue weighted by atomic mass is 9.93. The normalized spacial score (nSPS) is 11.8. The van der Waals surface area contributed by atoms with Gasteiger partial charge in [-0.1, -0.05) is 212 Å². The summed E-state index contributed by atoms with van der Waals surface area (Å²) in [6.07, 6.45) is 5.58. The van der Waals surface area contributed by atoms with Crippen LogP contribution in [0.2, 0.25) is 0 Å². The van der Waals surface area contributed by atoms with Crippen molar-refractivity contribution >= 4 is 175 Å². The molecular weight excluding hydrogens is 1800 g/mol. The fraction of sp³-hybridized carbons (Fsp3) is 0.0224. The topological polar surface area (TPSA) is 142 Å². The molecule has 13 heteroatoms. The van der Waals surface area contributed by atoms with Gasteiger partial charge in [-0.05, 0) is 290 Å². The van der Waals surface area contributed by atoms with E-state index in [1.54, 1.807) is 0 Å². The van der Waals surface area contributed by atoms with E-state index in [0.29, 0.717) is 11.1 Å². The van der Waals surface area contributed by atoms with Crippen molar-refractivity contribution in [2.24, 2.45) is 0 Å². The predicted octanol–water partition coefficient (Wildman–Crippen LogP) is 34.6. The van der Waals surface area contributed by atoms with Gasteiger partial charge in [-0.3, -0.25) is 15.0 Å². The number of nitrogens with zero attached hydrogens (tertiary/aromatic N) is 11. The van der Waals surface area contributed by atoms with E-state index in [9.17, 15) is 10.5 Å². The van der Waals surface area contributed by atoms with Crippen LogP contribution in [0.15, 0.2) is 470 Å². The lowest BCUT2D eigenvalue weighted by Crippen LogP contribution is -2.04. The van der Waals surface area contributed by atoms with Gasteiger partial charge in [0.1, 0.15) is 22.3 Å². The molecule has 30 aromatic rings. The number of nitriles is 2. The van der Waals surface area contributed by atoms with Gasteiger partial charge in [0, 0.05) is 144 Å². The van der Waals surface area contributed by atoms with Gasteiger partial charge >= 0.3 is 0 Å². The highest BCUT2D eigenvalue weighted by Gasteiger charge is 2.27. The summed E-state index contributed by atoms with van der Waals surface area (Å²) in [5.41, 5.74) is 39.1. The molecule has 147 heavy (non-hydrogen) atoms. The molecule has 19 aromatic carbocycles. The number of para-hydroxylation sites is 10. The Balaban J connectivity index is 0.000000108. The molecule has 0 saturated heterocycles. The summed E-state index contributed by atoms with van der Waals surface area (Å²) in [6, 6.07) is 161. The van der Waals surface area contributed by atoms with E-state index in [0.717, 1.165) is 211 Å². The largest absolute Gasteiger partial charge is 0.456 e. The summed E-state index contributed by atoms with van der Waals surface area (Å²) in [4.78, 5) is 14.4. The lowest BCUT2D eigenvalue weighted by molar-refractivity contribution is 0.668. The zero-order chi connectivity index (χ0) is 97.8. The molecule has 13 nitrogen and oxygen atoms in total. The van der Waals surface area contributed by atoms with E-state index in [2.05, 4.69) is 424 Å². The molecule has 0 aliphatic heterocycles. The molecule has 0 unspecified atom stereocenters. The fourth-order valence-electron chi connectivity index (χ4n) is 23.2. The summed E-state index contributed by atoms with van der Waals surface area (Å²) in [5.74, 6) is 0. The Bertz CT molecular complexity index is 10700. The number of hydrogen-bond donors (Lipinski definition) is 0. The van der Waals surface area contributed by atoms with Crippen LogP contribution in [0.1, 0.15) is 27.8 Å². The number of rotatable bonds is 11. The third kappa shape index (κ3) is 13.7. The monoisotopic (exact) mass is 1880 g/mol. The number of benzene rings is 19. The molecule has 0 aliphatic carbocycles. The van der Waals surface area contributed by atoms with E-state index in [1.165, 1.54) is 70.7 Å². The molecule has 0 amide bonds. The van der Waals surface area contributed by atoms with Crippen molar-refractivity contribution in [3.8, 4) is 102 Å². The Morgan fingerprint density at radius 1 is 0.190 bits per heavy atom. The van der Waals surface area contributed by atoms with E-state index < -0.39 is 0 Å². The molecule has 0 fully saturated rings. The average molecular weight is 1880 g/mol. The van der Waals surface area contributed by atoms with Crippen LogP contribution >= 0.6 is 0 Å². The van der Waals surface area contributed by atoms with Crippen molar-refractivity contribution in [3.05, 3.63) is 489 Å². The summed E-state index contributed by atoms with van der Waals surface area (Å²) in [5, 5.41) is 38.1. The van der Waals surface area contributed by atoms with Crippen LogP contribution in [-0.2, 0) is 0 Å². The van der Waals surface area contributed by atoms with Crippen LogP contribution in [0.5, 0.6) is 0 Å². The van der Waals surface area contributed by atoms with E-state index >= 15 is 0 Å². The SMILES string of the molecule is Cc1c(-c2ccc3oc4ccccc4c3c2)cc(-n2c3ccccc3c3cc(-n4c5ccccc5c5ccccc54)ccc32)cc1-c1ccccn1.Cc1c(-c2ccccn2)cc(-c2ccc3oc4ccccc4c3c2)cc1-n1c2ccccc2c2cc(C#N)ccc21.Cc1c(-c2ccccn2)cc(-n2c3ccccc3c3cc(-n4c5ccccc5c5ccccc54)ccc32)cc1-n1c2ccccc2c2cc(C#N)ccc21. The summed E-state index contributed by atoms with van der Waals surface area (Å²) in [7, 11) is 0. The minimum Gasteiger partial charge on any atom is -0.456 e. The second-order valence-corrected chi connectivity index (χ2v) is 38.0. The first-order valence-electron chi connectivity index (χ1n) is 49.5. The molecule has 0 N–H and O–H groups in total. The standard InChI is InChI=1S/C49H31N5.C48H31N3O.C37H23N3O/c1-31-39(42-16-10-11-25-51-42)28-34(29-49(31)54-46-20-9-5-14-37(46)40-26-32(30-50)21-23-48(40)54)53-45-19-8-4-15-38(45)41-27-33(22-24-47(41)53)52-43-17-6-2-12-35(43)36-13-3-7-18-44(36)52;1-30-38(31-21-24-48-41(26-31)37-15-5-9-20-47(37)52-48)28-33(29-39(30)42-16-10-11-25-49-42)51-45-19-8-4-14-36(45)40-27-32(22-23-46(40)51)50-43-17-6-2-12-34(43)35-13-3-7-18-44(35)50;1-23-29(32-10-6-7-17-39-32)20-26(25-14-16-37-31(19-25)28-9-3-5-12-36(28)41-37)21-35(23)40-33-11-4-2-8-27(33)30-18-24(22-38)13-15-34(30)40/h2-29H,1H3;2-29H,1H3;2-21H,1H3. The van der Waals surface area contributed by atoms with Gasteiger partial charge in [0.25, 0.3) is 0 Å². The second-order valence-electron chi connectivity index (χ2n) is 38.0. The van der Waals surface area contributed by atoms with Crippen molar-refractivity contribution < 1.29 is 8.83 Å². The highest BCUT2D eigenvalue weighted by molar-refractivity contribution is 6.18. The number of hydrogen-bond acceptors (Lipinski definition) is 7. The predicted molar refractivity (Wildman–Crippen MR) is 604 cm³/mol. The smallest absolute Gasteiger partial charge is 0.135 e. The minimum absolute atomic E-state index is 0.649. The summed E-state index contributed by atoms with van der Waals surface area (Å²) in [6.45, 7) is 6.57. The number of aromatic nitrogens is 9. The molecule has 0 atom stereocenters. The van der Waals surface area contributed by atoms with Crippen molar-refractivity contribution in [1.29, 1.82) is 10.5 Å². The Kier molecular flexibility index (Phi) is 19.8. The Hall–Kier alpha value is -20.0. The third-order valence-corrected chi connectivity index (χ3v) is 29.9. The second kappa shape index (κ2) is 34.2. The molecule has 0 saturated carbocycles. The van der Waals surface area contributed by atoms with Gasteiger partial charge in [0.05, 0.1) is 118 Å². The van der Waals surface area contributed by atoms with Crippen molar-refractivity contribution in [2.75, 3.05) is 0 Å². The Morgan fingerprint density at radius 3 is 0.871 bits per heavy atom. The van der Waals surface area contributed by atoms with Crippen molar-refractivity contribution in [3.63, 3.8) is 0 Å². The molecule has 0 radical (unpaired) electrons. The van der Waals surface area contributed by atoms with Gasteiger partial charge in [-0.15, -0.1) is 0 Å². The molecular formula is C134H85N11O2. The van der Waals surface area contributed by atoms with E-state index in [4.69, 9.17) is 23.8 Å². The van der Waals surface area contributed by atoms with Gasteiger partial charge in [0.2, 0.25) is 0 Å². The number of fused-ring (bicyclic) bond motifs is 24. The molecule has 11 heterocycles. The van der Waals surface area contributed by atoms with Crippen LogP contribution in [0.4, 0.5) is 0 Å². The van der Waals surface area contributed by atoms with Crippen LogP contribution in [-0.4, -0.2) is 42.4 Å². The Labute approximate surface area is 842 Å². The highest BCUT2D eigenvalue weighted by Crippen LogP contribution is 2.48. The molecule has 11 aromatic heterocycles. The van der Waals surface area contributed by atoms with Crippen LogP contribution < -0.4 is 0 Å². The molecule has 688 valence electrons. The molecule has 30 rings (SSSR count). The number of furan rings is 2. The highest BCUT2D eigenvalue weighted by atomic mass is 16.3. The van der Waals surface area contributed by atoms with Crippen molar-refractivity contribution in [1.82, 2.24) is 42.4 Å². The zero-order valence-electron chi connectivity index (χ0n) is 80.1. The fourth-order valence-corrected chi connectivity index (χ4v) is 23.2. The maximum absolute atomic E-state index is 9.81. The maximum atomic E-state index is 9.81. The van der Waals surface area contributed by atoms with E-state index in [-0.39, 0.29) is 0 Å². The van der Waals surface area contributed by atoms with Gasteiger partial charge in [-0.25, -0.2) is 0 Å². The zero-order valence-corrected chi connectivity index (χ0v) is 80.1. The van der Waals surface area contributed by atoms with E-state index in [1.807, 2.05) is 97.5 Å². The van der Waals surface area contributed by atoms with Crippen LogP contribution in [0.25, 0.3) is 265 Å². The first-order chi connectivity index (χ1) is 72.6. The third-order valence-electron chi connectivity index (χ3n) is 29.9. The first kappa shape index (κ1) is 85.0. The van der Waals surface area contributed by atoms with Crippen LogP contribution in [0, 0.1) is 43.4 Å². The van der Waals surface area contributed by atoms with Gasteiger partial charge in [0.15, 0.2) is 0 Å². The van der Waals surface area contributed by atoms with Gasteiger partial charge in [-0.2, -0.15) is 10.5 Å². The van der Waals surface area contributed by atoms with Gasteiger partial charge < -0.3 is 36.2 Å². The molecule has 0 spiro atoms. The molecule has 0 bridgehead atoms. The lowest BCUT2D eigenvalue weighted by Gasteiger charge is -2.19. The summed E-state index contributed by atoms with van der Waals surface area (Å²) >= 11 is 0. The number of pyridine rings is 3. The molecule has 0 aliphatic rings. The Morgan fingerprint density at radius 2 is 0.476 bits per heavy atom. The minimum atomic E-state index is 0.649. The maximum Gasteiger partial charge on any atom is 0.135 e. The summed E-state index contributed by atoms with van der Waals surface area (Å²) < 4.78 is 26.6. The van der Waals surface area contributed by atoms with Crippen LogP contribution in [0.3, 0.4) is 0 Å².